The second-order valence-electron chi connectivity index (χ2n) is 17.6. The molecule has 0 aromatic heterocycles. The van der Waals surface area contributed by atoms with Crippen molar-refractivity contribution < 1.29 is 92.0 Å². The Labute approximate surface area is 421 Å². The van der Waals surface area contributed by atoms with Crippen LogP contribution in [-0.2, 0) is 92.0 Å². The number of rotatable bonds is 37. The van der Waals surface area contributed by atoms with Crippen LogP contribution in [-0.4, -0.2) is 204 Å². The highest BCUT2D eigenvalue weighted by Gasteiger charge is 2.53. The summed E-state index contributed by atoms with van der Waals surface area (Å²) < 4.78 is 120. The van der Waals surface area contributed by atoms with Gasteiger partial charge in [-0.05, 0) is 84.9 Å². The highest BCUT2D eigenvalue weighted by Crippen LogP contribution is 2.30. The second kappa shape index (κ2) is 32.3. The average molecular weight is 1150 g/mol. The van der Waals surface area contributed by atoms with Crippen molar-refractivity contribution in [2.45, 2.75) is 116 Å². The van der Waals surface area contributed by atoms with Crippen molar-refractivity contribution in [2.24, 2.45) is 0 Å². The Hall–Kier alpha value is 0.809. The summed E-state index contributed by atoms with van der Waals surface area (Å²) in [5, 5.41) is 0. The van der Waals surface area contributed by atoms with Crippen molar-refractivity contribution in [3.8, 4) is 0 Å². The van der Waals surface area contributed by atoms with Gasteiger partial charge < -0.3 is 92.0 Å². The third-order valence-corrected chi connectivity index (χ3v) is 42.6. The van der Waals surface area contributed by atoms with Gasteiger partial charge in [0.15, 0.2) is 23.6 Å². The molecule has 0 aromatic carbocycles. The molecule has 406 valence electrons. The number of hydrogen-bond donors (Lipinski definition) is 0. The smallest absolute Gasteiger partial charge is 0.439 e. The molecule has 0 amide bonds. The quantitative estimate of drug-likeness (QED) is 0.0395. The molecule has 2 aliphatic rings. The molecular weight excluding hydrogens is 1060 g/mol. The highest BCUT2D eigenvalue weighted by atomic mass is 28.5. The summed E-state index contributed by atoms with van der Waals surface area (Å²) in [6.07, 6.45) is 2.54. The molecule has 2 fully saturated rings. The molecule has 3 unspecified atom stereocenters. The van der Waals surface area contributed by atoms with Crippen LogP contribution >= 0.6 is 0 Å². The lowest BCUT2D eigenvalue weighted by Crippen LogP contribution is -2.61. The topological polar surface area (TPSA) is 197 Å². The van der Waals surface area contributed by atoms with Crippen LogP contribution in [0.5, 0.6) is 0 Å². The second-order valence-corrected chi connectivity index (χ2v) is 49.8. The van der Waals surface area contributed by atoms with E-state index in [1.165, 1.54) is 42.7 Å². The molecule has 2 aliphatic heterocycles. The molecule has 0 bridgehead atoms. The highest BCUT2D eigenvalue weighted by molar-refractivity contribution is 6.89. The van der Waals surface area contributed by atoms with Crippen molar-refractivity contribution in [1.82, 2.24) is 0 Å². The lowest BCUT2D eigenvalue weighted by molar-refractivity contribution is -0.214. The van der Waals surface area contributed by atoms with E-state index in [4.69, 9.17) is 92.0 Å². The summed E-state index contributed by atoms with van der Waals surface area (Å²) in [5.41, 5.74) is 3.61. The van der Waals surface area contributed by atoms with E-state index >= 15 is 0 Å². The molecule has 31 heteroatoms. The van der Waals surface area contributed by atoms with E-state index in [0.717, 1.165) is 32.5 Å². The Bertz CT molecular complexity index is 1350. The molecule has 0 saturated carbocycles. The first-order valence-electron chi connectivity index (χ1n) is 22.6. The normalized spacial score (nSPS) is 18.2. The lowest BCUT2D eigenvalue weighted by atomic mass is 10.3. The summed E-state index contributed by atoms with van der Waals surface area (Å²) in [4.78, 5) is 0. The van der Waals surface area contributed by atoms with Crippen LogP contribution in [0.25, 0.3) is 0 Å². The first kappa shape index (κ1) is 68.8. The molecule has 2 rings (SSSR count). The van der Waals surface area contributed by atoms with Crippen LogP contribution in [0.4, 0.5) is 0 Å². The fourth-order valence-electron chi connectivity index (χ4n) is 6.40. The van der Waals surface area contributed by atoms with Gasteiger partial charge in [0.1, 0.15) is 6.10 Å². The standard InChI is InChI=1S/C21H46O11Si4.C9H24O5Si3.C7H22O5Si3/c1-9-34(8,32-36(24-4,25-5)16-10-13-26-18-20-19-29-20)30-33(6,7)31-35(22-2,23-3)17-11-14-27-21-12-15-28-21;1-9-15(5,6)13-16(7,8)14-17(10-2,11-3)12-4;1-8-15(9-2,10-3)12-14(6,7)11-13(4)5/h9,20-21H,1,10-19H2,2-8H3;9H,1H2,2-8H3;13H,1-7H3. The maximum atomic E-state index is 6.60. The lowest BCUT2D eigenvalue weighted by Gasteiger charge is -2.41. The van der Waals surface area contributed by atoms with Gasteiger partial charge in [-0.1, -0.05) is 11.4 Å². The van der Waals surface area contributed by atoms with Gasteiger partial charge in [-0.2, -0.15) is 0 Å². The van der Waals surface area contributed by atoms with Crippen LogP contribution < -0.4 is 0 Å². The van der Waals surface area contributed by atoms with E-state index in [1.807, 2.05) is 51.5 Å². The third kappa shape index (κ3) is 26.8. The van der Waals surface area contributed by atoms with Gasteiger partial charge in [-0.3, -0.25) is 0 Å². The number of ether oxygens (including phenoxy) is 4. The van der Waals surface area contributed by atoms with Crippen LogP contribution in [0.3, 0.4) is 0 Å². The monoisotopic (exact) mass is 1150 g/mol. The first-order chi connectivity index (χ1) is 31.5. The predicted octanol–water partition coefficient (Wildman–Crippen LogP) is 6.06. The van der Waals surface area contributed by atoms with Crippen LogP contribution in [0.2, 0.25) is 84.1 Å². The maximum Gasteiger partial charge on any atom is 0.669 e. The largest absolute Gasteiger partial charge is 0.669 e. The molecule has 68 heavy (non-hydrogen) atoms. The minimum atomic E-state index is -3.04. The van der Waals surface area contributed by atoms with Gasteiger partial charge in [0.05, 0.1) is 19.8 Å². The molecule has 2 saturated heterocycles. The Morgan fingerprint density at radius 3 is 1.32 bits per heavy atom. The van der Waals surface area contributed by atoms with E-state index in [-0.39, 0.29) is 12.4 Å². The summed E-state index contributed by atoms with van der Waals surface area (Å²) in [5.74, 6) is 0. The van der Waals surface area contributed by atoms with Crippen LogP contribution in [0.1, 0.15) is 19.3 Å². The summed E-state index contributed by atoms with van der Waals surface area (Å²) in [7, 11) is -9.86. The van der Waals surface area contributed by atoms with E-state index < -0.39 is 87.3 Å². The van der Waals surface area contributed by atoms with Crippen LogP contribution in [0.15, 0.2) is 24.6 Å². The van der Waals surface area contributed by atoms with Crippen molar-refractivity contribution >= 4 is 87.3 Å². The number of hydrogen-bond acceptors (Lipinski definition) is 21. The SMILES string of the molecule is C=C[Si](C)(C)O[Si](C)(C)O[Si](OC)(OC)OC.C=C[Si](C)(O[Si](C)(C)O[Si](CCCOC1CCO1)(OC)OC)O[Si](CCCOCC1CO1)(OC)OC.CO[Si](OC)(OC)O[Si](C)(C)O[SiH](C)C. The Morgan fingerprint density at radius 1 is 0.529 bits per heavy atom. The molecule has 0 aromatic rings. The van der Waals surface area contributed by atoms with Gasteiger partial charge in [0.25, 0.3) is 0 Å². The molecule has 0 N–H and O–H groups in total. The summed E-state index contributed by atoms with van der Waals surface area (Å²) in [6, 6.07) is 1.19. The van der Waals surface area contributed by atoms with E-state index in [0.29, 0.717) is 31.9 Å². The zero-order valence-electron chi connectivity index (χ0n) is 45.4. The van der Waals surface area contributed by atoms with Gasteiger partial charge in [0.2, 0.25) is 0 Å². The molecule has 0 aliphatic carbocycles. The van der Waals surface area contributed by atoms with Gasteiger partial charge in [0, 0.05) is 103 Å². The molecule has 3 atom stereocenters. The molecule has 2 heterocycles. The summed E-state index contributed by atoms with van der Waals surface area (Å²) >= 11 is 0. The van der Waals surface area contributed by atoms with Crippen molar-refractivity contribution in [3.05, 3.63) is 24.6 Å². The van der Waals surface area contributed by atoms with Gasteiger partial charge >= 0.3 is 69.9 Å². The molecular formula is C37H92O21Si10. The minimum Gasteiger partial charge on any atom is -0.439 e. The van der Waals surface area contributed by atoms with E-state index in [9.17, 15) is 0 Å². The Morgan fingerprint density at radius 2 is 0.956 bits per heavy atom. The van der Waals surface area contributed by atoms with Crippen molar-refractivity contribution in [3.63, 3.8) is 0 Å². The van der Waals surface area contributed by atoms with Gasteiger partial charge in [-0.25, -0.2) is 0 Å². The zero-order chi connectivity index (χ0) is 52.6. The van der Waals surface area contributed by atoms with Crippen molar-refractivity contribution in [1.29, 1.82) is 0 Å². The third-order valence-electron chi connectivity index (χ3n) is 9.65. The molecule has 0 radical (unpaired) electrons. The number of epoxide rings is 1. The minimum absolute atomic E-state index is 0.0950. The Kier molecular flexibility index (Phi) is 32.7. The first-order valence-corrected chi connectivity index (χ1v) is 46.4. The average Bonchev–Trinajstić information content (AvgIpc) is 4.10. The maximum absolute atomic E-state index is 6.60. The fraction of sp³-hybridized carbons (Fsp3) is 0.892. The van der Waals surface area contributed by atoms with E-state index in [2.05, 4.69) is 39.3 Å². The zero-order valence-corrected chi connectivity index (χ0v) is 55.6. The molecule has 21 nitrogen and oxygen atoms in total. The molecule has 0 spiro atoms. The fourth-order valence-corrected chi connectivity index (χ4v) is 40.9. The Balaban J connectivity index is 0.00000116. The van der Waals surface area contributed by atoms with Crippen LogP contribution in [0, 0.1) is 0 Å². The predicted molar refractivity (Wildman–Crippen MR) is 281 cm³/mol. The van der Waals surface area contributed by atoms with Crippen molar-refractivity contribution in [2.75, 3.05) is 104 Å². The summed E-state index contributed by atoms with van der Waals surface area (Å²) in [6.45, 7) is 33.1. The van der Waals surface area contributed by atoms with E-state index in [1.54, 1.807) is 34.1 Å². The van der Waals surface area contributed by atoms with Gasteiger partial charge in [-0.15, -0.1) is 13.2 Å².